The first kappa shape index (κ1) is 8.81. The minimum atomic E-state index is 0.674. The van der Waals surface area contributed by atoms with Crippen LogP contribution in [0.25, 0.3) is 0 Å². The third-order valence-corrected chi connectivity index (χ3v) is 3.15. The molecule has 2 rings (SSSR count). The Kier molecular flexibility index (Phi) is 2.40. The van der Waals surface area contributed by atoms with Gasteiger partial charge in [-0.25, -0.2) is 4.98 Å². The first-order chi connectivity index (χ1) is 6.25. The van der Waals surface area contributed by atoms with E-state index in [0.717, 1.165) is 24.8 Å². The first-order valence-electron chi connectivity index (χ1n) is 4.71. The van der Waals surface area contributed by atoms with Gasteiger partial charge in [0.1, 0.15) is 5.82 Å². The number of aromatic nitrogens is 1. The summed E-state index contributed by atoms with van der Waals surface area (Å²) in [5, 5.41) is 2.72. The fourth-order valence-corrected chi connectivity index (χ4v) is 2.40. The Hall–Kier alpha value is -0.770. The molecule has 1 aromatic heterocycles. The molecule has 0 amide bonds. The molecule has 13 heavy (non-hydrogen) atoms. The molecule has 0 bridgehead atoms. The van der Waals surface area contributed by atoms with Gasteiger partial charge in [-0.05, 0) is 18.8 Å². The van der Waals surface area contributed by atoms with Crippen LogP contribution < -0.4 is 10.6 Å². The van der Waals surface area contributed by atoms with Crippen LogP contribution in [-0.2, 0) is 0 Å². The van der Waals surface area contributed by atoms with Gasteiger partial charge in [-0.3, -0.25) is 0 Å². The highest BCUT2D eigenvalue weighted by molar-refractivity contribution is 7.13. The summed E-state index contributed by atoms with van der Waals surface area (Å²) in [6.07, 6.45) is 2.62. The van der Waals surface area contributed by atoms with Gasteiger partial charge in [-0.2, -0.15) is 0 Å². The molecule has 4 heteroatoms. The van der Waals surface area contributed by atoms with Crippen molar-refractivity contribution in [3.63, 3.8) is 0 Å². The molecule has 1 aromatic rings. The maximum Gasteiger partial charge on any atom is 0.182 e. The molecule has 1 aliphatic heterocycles. The van der Waals surface area contributed by atoms with Gasteiger partial charge in [0.05, 0.1) is 0 Å². The van der Waals surface area contributed by atoms with Crippen LogP contribution in [0.2, 0.25) is 0 Å². The summed E-state index contributed by atoms with van der Waals surface area (Å²) < 4.78 is 0. The van der Waals surface area contributed by atoms with Gasteiger partial charge >= 0.3 is 0 Å². The number of piperidine rings is 1. The van der Waals surface area contributed by atoms with Gasteiger partial charge in [0.2, 0.25) is 0 Å². The van der Waals surface area contributed by atoms with Crippen LogP contribution in [0.15, 0.2) is 5.38 Å². The molecule has 1 unspecified atom stereocenters. The minimum Gasteiger partial charge on any atom is -0.375 e. The smallest absolute Gasteiger partial charge is 0.182 e. The van der Waals surface area contributed by atoms with E-state index < -0.39 is 0 Å². The standard InChI is InChI=1S/C9H15N3S/c1-7-3-2-4-12(5-7)8-6-13-9(10)11-8/h6-7H,2-5H2,1H3,(H2,10,11). The topological polar surface area (TPSA) is 42.1 Å². The van der Waals surface area contributed by atoms with Crippen molar-refractivity contribution in [2.75, 3.05) is 23.7 Å². The van der Waals surface area contributed by atoms with Gasteiger partial charge in [0, 0.05) is 18.5 Å². The van der Waals surface area contributed by atoms with E-state index in [1.54, 1.807) is 0 Å². The number of thiazole rings is 1. The number of hydrogen-bond acceptors (Lipinski definition) is 4. The van der Waals surface area contributed by atoms with Crippen LogP contribution in [0.3, 0.4) is 0 Å². The van der Waals surface area contributed by atoms with Crippen molar-refractivity contribution in [2.45, 2.75) is 19.8 Å². The number of rotatable bonds is 1. The Morgan fingerprint density at radius 3 is 3.15 bits per heavy atom. The molecule has 1 aliphatic rings. The lowest BCUT2D eigenvalue weighted by Gasteiger charge is -2.30. The van der Waals surface area contributed by atoms with E-state index in [1.165, 1.54) is 24.2 Å². The maximum atomic E-state index is 5.60. The second-order valence-electron chi connectivity index (χ2n) is 3.74. The van der Waals surface area contributed by atoms with Crippen molar-refractivity contribution in [3.05, 3.63) is 5.38 Å². The Morgan fingerprint density at radius 2 is 2.54 bits per heavy atom. The lowest BCUT2D eigenvalue weighted by atomic mass is 10.0. The Morgan fingerprint density at radius 1 is 1.69 bits per heavy atom. The molecule has 1 atom stereocenters. The minimum absolute atomic E-state index is 0.674. The number of nitrogen functional groups attached to an aromatic ring is 1. The number of hydrogen-bond donors (Lipinski definition) is 1. The van der Waals surface area contributed by atoms with E-state index in [9.17, 15) is 0 Å². The number of anilines is 2. The maximum absolute atomic E-state index is 5.60. The highest BCUT2D eigenvalue weighted by Crippen LogP contribution is 2.25. The van der Waals surface area contributed by atoms with Crippen LogP contribution in [0.1, 0.15) is 19.8 Å². The third kappa shape index (κ3) is 1.94. The van der Waals surface area contributed by atoms with Crippen molar-refractivity contribution < 1.29 is 0 Å². The van der Waals surface area contributed by atoms with E-state index in [2.05, 4.69) is 16.8 Å². The second-order valence-corrected chi connectivity index (χ2v) is 4.63. The third-order valence-electron chi connectivity index (χ3n) is 2.49. The molecule has 1 saturated heterocycles. The zero-order chi connectivity index (χ0) is 9.26. The molecule has 0 aromatic carbocycles. The van der Waals surface area contributed by atoms with E-state index in [1.807, 2.05) is 5.38 Å². The zero-order valence-corrected chi connectivity index (χ0v) is 8.68. The van der Waals surface area contributed by atoms with E-state index >= 15 is 0 Å². The van der Waals surface area contributed by atoms with Crippen LogP contribution in [-0.4, -0.2) is 18.1 Å². The van der Waals surface area contributed by atoms with Gasteiger partial charge in [-0.15, -0.1) is 11.3 Å². The number of nitrogens with zero attached hydrogens (tertiary/aromatic N) is 2. The molecule has 3 nitrogen and oxygen atoms in total. The second kappa shape index (κ2) is 3.54. The Bertz CT molecular complexity index is 284. The monoisotopic (exact) mass is 197 g/mol. The average Bonchev–Trinajstić information content (AvgIpc) is 2.52. The summed E-state index contributed by atoms with van der Waals surface area (Å²) in [7, 11) is 0. The van der Waals surface area contributed by atoms with Gasteiger partial charge < -0.3 is 10.6 Å². The fraction of sp³-hybridized carbons (Fsp3) is 0.667. The summed E-state index contributed by atoms with van der Waals surface area (Å²) in [5.74, 6) is 1.85. The SMILES string of the molecule is CC1CCCN(c2csc(N)n2)C1. The predicted octanol–water partition coefficient (Wildman–Crippen LogP) is 1.96. The molecule has 0 radical (unpaired) electrons. The molecule has 0 spiro atoms. The summed E-state index contributed by atoms with van der Waals surface area (Å²) in [4.78, 5) is 6.63. The van der Waals surface area contributed by atoms with E-state index in [0.29, 0.717) is 5.13 Å². The molecule has 72 valence electrons. The molecule has 2 N–H and O–H groups in total. The van der Waals surface area contributed by atoms with E-state index in [4.69, 9.17) is 5.73 Å². The van der Waals surface area contributed by atoms with Crippen LogP contribution >= 0.6 is 11.3 Å². The Labute approximate surface area is 82.6 Å². The quantitative estimate of drug-likeness (QED) is 0.748. The summed E-state index contributed by atoms with van der Waals surface area (Å²) in [6, 6.07) is 0. The normalized spacial score (nSPS) is 23.5. The highest BCUT2D eigenvalue weighted by Gasteiger charge is 2.17. The summed E-state index contributed by atoms with van der Waals surface area (Å²) in [5.41, 5.74) is 5.60. The van der Waals surface area contributed by atoms with Gasteiger partial charge in [-0.1, -0.05) is 6.92 Å². The molecular weight excluding hydrogens is 182 g/mol. The summed E-state index contributed by atoms with van der Waals surface area (Å²) in [6.45, 7) is 4.55. The van der Waals surface area contributed by atoms with Crippen LogP contribution in [0.4, 0.5) is 10.9 Å². The van der Waals surface area contributed by atoms with Crippen LogP contribution in [0.5, 0.6) is 0 Å². The Balaban J connectivity index is 2.08. The molecule has 0 aliphatic carbocycles. The zero-order valence-electron chi connectivity index (χ0n) is 7.86. The molecule has 1 fully saturated rings. The van der Waals surface area contributed by atoms with Crippen molar-refractivity contribution in [1.29, 1.82) is 0 Å². The van der Waals surface area contributed by atoms with Gasteiger partial charge in [0.15, 0.2) is 5.13 Å². The van der Waals surface area contributed by atoms with Crippen molar-refractivity contribution in [2.24, 2.45) is 5.92 Å². The lowest BCUT2D eigenvalue weighted by Crippen LogP contribution is -2.34. The lowest BCUT2D eigenvalue weighted by molar-refractivity contribution is 0.445. The van der Waals surface area contributed by atoms with Crippen molar-refractivity contribution in [1.82, 2.24) is 4.98 Å². The molecule has 0 saturated carbocycles. The first-order valence-corrected chi connectivity index (χ1v) is 5.59. The fourth-order valence-electron chi connectivity index (χ4n) is 1.82. The van der Waals surface area contributed by atoms with Crippen molar-refractivity contribution in [3.8, 4) is 0 Å². The van der Waals surface area contributed by atoms with Gasteiger partial charge in [0.25, 0.3) is 0 Å². The average molecular weight is 197 g/mol. The van der Waals surface area contributed by atoms with Crippen molar-refractivity contribution >= 4 is 22.3 Å². The predicted molar refractivity (Wildman–Crippen MR) is 57.1 cm³/mol. The summed E-state index contributed by atoms with van der Waals surface area (Å²) >= 11 is 1.52. The molecule has 2 heterocycles. The largest absolute Gasteiger partial charge is 0.375 e. The highest BCUT2D eigenvalue weighted by atomic mass is 32.1. The van der Waals surface area contributed by atoms with Crippen LogP contribution in [0, 0.1) is 5.92 Å². The molecular formula is C9H15N3S. The van der Waals surface area contributed by atoms with E-state index in [-0.39, 0.29) is 0 Å². The number of nitrogens with two attached hydrogens (primary N) is 1.